The minimum atomic E-state index is -1.21. The van der Waals surface area contributed by atoms with E-state index in [0.717, 1.165) is 4.90 Å². The molecule has 0 aromatic heterocycles. The van der Waals surface area contributed by atoms with Crippen LogP contribution in [0.15, 0.2) is 42.5 Å². The number of nitrogens with zero attached hydrogens (tertiary/aromatic N) is 2. The molecule has 0 radical (unpaired) electrons. The molecule has 0 unspecified atom stereocenters. The average Bonchev–Trinajstić information content (AvgIpc) is 2.81. The summed E-state index contributed by atoms with van der Waals surface area (Å²) in [4.78, 5) is 37.0. The normalized spacial score (nSPS) is 19.6. The van der Waals surface area contributed by atoms with E-state index in [9.17, 15) is 19.7 Å². The number of rotatable bonds is 4. The highest BCUT2D eigenvalue weighted by molar-refractivity contribution is 6.30. The van der Waals surface area contributed by atoms with Gasteiger partial charge in [-0.3, -0.25) is 19.8 Å². The van der Waals surface area contributed by atoms with Gasteiger partial charge in [0.15, 0.2) is 0 Å². The molecule has 1 N–H and O–H groups in total. The molecule has 0 saturated carbocycles. The molecular formula is C18H16ClN3O4. The van der Waals surface area contributed by atoms with Crippen LogP contribution in [-0.2, 0) is 16.9 Å². The minimum Gasteiger partial charge on any atom is -0.319 e. The second kappa shape index (κ2) is 6.42. The largest absolute Gasteiger partial charge is 0.325 e. The summed E-state index contributed by atoms with van der Waals surface area (Å²) in [5, 5.41) is 14.3. The van der Waals surface area contributed by atoms with Crippen LogP contribution >= 0.6 is 11.6 Å². The van der Waals surface area contributed by atoms with Crippen molar-refractivity contribution < 1.29 is 14.5 Å². The van der Waals surface area contributed by atoms with Gasteiger partial charge in [-0.25, -0.2) is 4.79 Å². The van der Waals surface area contributed by atoms with E-state index in [4.69, 9.17) is 11.6 Å². The van der Waals surface area contributed by atoms with Crippen molar-refractivity contribution in [2.45, 2.75) is 25.9 Å². The summed E-state index contributed by atoms with van der Waals surface area (Å²) in [6.45, 7) is 3.18. The van der Waals surface area contributed by atoms with Gasteiger partial charge in [-0.1, -0.05) is 35.9 Å². The lowest BCUT2D eigenvalue weighted by atomic mass is 9.92. The number of benzene rings is 2. The minimum absolute atomic E-state index is 0.0403. The van der Waals surface area contributed by atoms with Crippen molar-refractivity contribution in [1.82, 2.24) is 10.2 Å². The van der Waals surface area contributed by atoms with Crippen molar-refractivity contribution in [3.63, 3.8) is 0 Å². The first-order chi connectivity index (χ1) is 12.2. The van der Waals surface area contributed by atoms with Gasteiger partial charge in [-0.05, 0) is 37.1 Å². The zero-order valence-electron chi connectivity index (χ0n) is 14.2. The molecule has 1 aliphatic rings. The molecule has 0 spiro atoms. The number of imide groups is 1. The standard InChI is InChI=1S/C18H16ClN3O4/c1-11-12(4-3-5-15(11)22(25)26)10-21-16(23)18(2,20-17(21)24)13-6-8-14(19)9-7-13/h3-9H,10H2,1-2H3,(H,20,24)/t18-/m0/s1. The highest BCUT2D eigenvalue weighted by atomic mass is 35.5. The predicted molar refractivity (Wildman–Crippen MR) is 95.7 cm³/mol. The van der Waals surface area contributed by atoms with Crippen LogP contribution in [0.4, 0.5) is 10.5 Å². The highest BCUT2D eigenvalue weighted by Crippen LogP contribution is 2.31. The molecule has 1 fully saturated rings. The van der Waals surface area contributed by atoms with Crippen LogP contribution in [0, 0.1) is 17.0 Å². The number of hydrogen-bond donors (Lipinski definition) is 1. The Morgan fingerprint density at radius 3 is 2.46 bits per heavy atom. The zero-order valence-corrected chi connectivity index (χ0v) is 14.9. The highest BCUT2D eigenvalue weighted by Gasteiger charge is 2.49. The zero-order chi connectivity index (χ0) is 19.1. The molecule has 3 rings (SSSR count). The molecule has 7 nitrogen and oxygen atoms in total. The number of amides is 3. The van der Waals surface area contributed by atoms with Gasteiger partial charge < -0.3 is 5.32 Å². The van der Waals surface area contributed by atoms with Crippen molar-refractivity contribution in [2.75, 3.05) is 0 Å². The van der Waals surface area contributed by atoms with Crippen LogP contribution in [0.5, 0.6) is 0 Å². The number of urea groups is 1. The third kappa shape index (κ3) is 2.90. The van der Waals surface area contributed by atoms with Crippen LogP contribution in [0.1, 0.15) is 23.6 Å². The van der Waals surface area contributed by atoms with Crippen LogP contribution in [0.3, 0.4) is 0 Å². The topological polar surface area (TPSA) is 92.6 Å². The smallest absolute Gasteiger partial charge is 0.319 e. The molecule has 134 valence electrons. The van der Waals surface area contributed by atoms with E-state index in [1.54, 1.807) is 44.2 Å². The summed E-state index contributed by atoms with van der Waals surface area (Å²) in [7, 11) is 0. The molecule has 2 aromatic rings. The van der Waals surface area contributed by atoms with Gasteiger partial charge in [0.1, 0.15) is 5.54 Å². The Labute approximate surface area is 154 Å². The third-order valence-electron chi connectivity index (χ3n) is 4.64. The van der Waals surface area contributed by atoms with Crippen LogP contribution in [-0.4, -0.2) is 21.8 Å². The molecule has 2 aromatic carbocycles. The average molecular weight is 374 g/mol. The summed E-state index contributed by atoms with van der Waals surface area (Å²) in [6, 6.07) is 10.7. The summed E-state index contributed by atoms with van der Waals surface area (Å²) >= 11 is 5.88. The Kier molecular flexibility index (Phi) is 4.41. The van der Waals surface area contributed by atoms with E-state index in [-0.39, 0.29) is 12.2 Å². The number of carbonyl (C=O) groups is 2. The van der Waals surface area contributed by atoms with Crippen molar-refractivity contribution >= 4 is 29.2 Å². The molecule has 1 atom stereocenters. The first-order valence-electron chi connectivity index (χ1n) is 7.87. The fraction of sp³-hybridized carbons (Fsp3) is 0.222. The molecule has 1 heterocycles. The molecule has 8 heteroatoms. The van der Waals surface area contributed by atoms with Gasteiger partial charge in [-0.15, -0.1) is 0 Å². The monoisotopic (exact) mass is 373 g/mol. The maximum atomic E-state index is 12.9. The second-order valence-corrected chi connectivity index (χ2v) is 6.71. The SMILES string of the molecule is Cc1c(CN2C(=O)N[C@@](C)(c3ccc(Cl)cc3)C2=O)cccc1[N+](=O)[O-]. The lowest BCUT2D eigenvalue weighted by Crippen LogP contribution is -2.40. The van der Waals surface area contributed by atoms with Gasteiger partial charge in [0, 0.05) is 16.7 Å². The molecule has 26 heavy (non-hydrogen) atoms. The number of hydrogen-bond acceptors (Lipinski definition) is 4. The number of nitro groups is 1. The van der Waals surface area contributed by atoms with Gasteiger partial charge in [0.2, 0.25) is 0 Å². The Balaban J connectivity index is 1.92. The first-order valence-corrected chi connectivity index (χ1v) is 8.25. The number of carbonyl (C=O) groups excluding carboxylic acids is 2. The fourth-order valence-corrected chi connectivity index (χ4v) is 3.15. The maximum absolute atomic E-state index is 12.9. The number of halogens is 1. The van der Waals surface area contributed by atoms with Crippen LogP contribution in [0.2, 0.25) is 5.02 Å². The molecule has 1 saturated heterocycles. The van der Waals surface area contributed by atoms with Crippen molar-refractivity contribution in [3.8, 4) is 0 Å². The van der Waals surface area contributed by atoms with Gasteiger partial charge in [-0.2, -0.15) is 0 Å². The van der Waals surface area contributed by atoms with Crippen molar-refractivity contribution in [1.29, 1.82) is 0 Å². The molecular weight excluding hydrogens is 358 g/mol. The van der Waals surface area contributed by atoms with E-state index >= 15 is 0 Å². The van der Waals surface area contributed by atoms with Crippen LogP contribution < -0.4 is 5.32 Å². The second-order valence-electron chi connectivity index (χ2n) is 6.27. The Morgan fingerprint density at radius 2 is 1.85 bits per heavy atom. The number of nitrogens with one attached hydrogen (secondary N) is 1. The van der Waals surface area contributed by atoms with E-state index in [1.807, 2.05) is 0 Å². The van der Waals surface area contributed by atoms with Gasteiger partial charge >= 0.3 is 6.03 Å². The van der Waals surface area contributed by atoms with Crippen LogP contribution in [0.25, 0.3) is 0 Å². The maximum Gasteiger partial charge on any atom is 0.325 e. The fourth-order valence-electron chi connectivity index (χ4n) is 3.03. The lowest BCUT2D eigenvalue weighted by Gasteiger charge is -2.22. The van der Waals surface area contributed by atoms with E-state index in [1.165, 1.54) is 12.1 Å². The Morgan fingerprint density at radius 1 is 1.19 bits per heavy atom. The van der Waals surface area contributed by atoms with E-state index in [2.05, 4.69) is 5.32 Å². The summed E-state index contributed by atoms with van der Waals surface area (Å²) in [5.74, 6) is -0.421. The first kappa shape index (κ1) is 17.9. The Hall–Kier alpha value is -2.93. The van der Waals surface area contributed by atoms with Gasteiger partial charge in [0.05, 0.1) is 11.5 Å². The lowest BCUT2D eigenvalue weighted by molar-refractivity contribution is -0.385. The quantitative estimate of drug-likeness (QED) is 0.504. The summed E-state index contributed by atoms with van der Waals surface area (Å²) in [6.07, 6.45) is 0. The summed E-state index contributed by atoms with van der Waals surface area (Å²) < 4.78 is 0. The third-order valence-corrected chi connectivity index (χ3v) is 4.89. The van der Waals surface area contributed by atoms with Crippen molar-refractivity contribution in [2.24, 2.45) is 0 Å². The van der Waals surface area contributed by atoms with E-state index < -0.39 is 22.4 Å². The van der Waals surface area contributed by atoms with E-state index in [0.29, 0.717) is 21.7 Å². The summed E-state index contributed by atoms with van der Waals surface area (Å²) in [5.41, 5.74) is 0.325. The number of nitro benzene ring substituents is 1. The Bertz CT molecular complexity index is 913. The molecule has 3 amide bonds. The molecule has 0 aliphatic carbocycles. The van der Waals surface area contributed by atoms with Gasteiger partial charge in [0.25, 0.3) is 11.6 Å². The van der Waals surface area contributed by atoms with Crippen molar-refractivity contribution in [3.05, 3.63) is 74.3 Å². The predicted octanol–water partition coefficient (Wildman–Crippen LogP) is 3.52. The molecule has 0 bridgehead atoms. The molecule has 1 aliphatic heterocycles.